The van der Waals surface area contributed by atoms with Crippen LogP contribution in [0, 0.1) is 5.92 Å². The van der Waals surface area contributed by atoms with Gasteiger partial charge in [0.15, 0.2) is 0 Å². The van der Waals surface area contributed by atoms with Crippen molar-refractivity contribution in [3.63, 3.8) is 0 Å². The van der Waals surface area contributed by atoms with Crippen molar-refractivity contribution in [3.05, 3.63) is 11.9 Å². The summed E-state index contributed by atoms with van der Waals surface area (Å²) >= 11 is 0. The molecule has 0 saturated carbocycles. The number of nitrogens with one attached hydrogen (secondary N) is 1. The van der Waals surface area contributed by atoms with Crippen molar-refractivity contribution in [2.24, 2.45) is 5.92 Å². The number of aryl methyl sites for hydroxylation is 1. The predicted octanol–water partition coefficient (Wildman–Crippen LogP) is 0.502. The summed E-state index contributed by atoms with van der Waals surface area (Å²) in [6.07, 6.45) is 2.81. The van der Waals surface area contributed by atoms with E-state index < -0.39 is 0 Å². The van der Waals surface area contributed by atoms with Gasteiger partial charge in [0.1, 0.15) is 0 Å². The minimum atomic E-state index is 0.0445. The molecule has 0 fully saturated rings. The first kappa shape index (κ1) is 14.6. The molecule has 0 spiro atoms. The van der Waals surface area contributed by atoms with Gasteiger partial charge in [-0.25, -0.2) is 0 Å². The second kappa shape index (κ2) is 7.10. The Morgan fingerprint density at radius 3 is 2.83 bits per heavy atom. The third-order valence-electron chi connectivity index (χ3n) is 2.45. The average Bonchev–Trinajstić information content (AvgIpc) is 2.70. The first-order valence-electron chi connectivity index (χ1n) is 6.30. The van der Waals surface area contributed by atoms with E-state index in [2.05, 4.69) is 20.5 Å². The molecular weight excluding hydrogens is 230 g/mol. The highest BCUT2D eigenvalue weighted by atomic mass is 16.1. The van der Waals surface area contributed by atoms with Gasteiger partial charge in [-0.3, -0.25) is 9.48 Å². The summed E-state index contributed by atoms with van der Waals surface area (Å²) in [6, 6.07) is 0. The summed E-state index contributed by atoms with van der Waals surface area (Å²) in [6.45, 7) is 6.03. The average molecular weight is 253 g/mol. The van der Waals surface area contributed by atoms with Crippen molar-refractivity contribution in [1.82, 2.24) is 25.2 Å². The van der Waals surface area contributed by atoms with Crippen molar-refractivity contribution in [2.75, 3.05) is 20.6 Å². The van der Waals surface area contributed by atoms with Crippen molar-refractivity contribution in [2.45, 2.75) is 33.4 Å². The van der Waals surface area contributed by atoms with Gasteiger partial charge in [0, 0.05) is 31.7 Å². The molecule has 6 heteroatoms. The van der Waals surface area contributed by atoms with Crippen LogP contribution < -0.4 is 5.32 Å². The van der Waals surface area contributed by atoms with Crippen LogP contribution in [0.5, 0.6) is 0 Å². The maximum absolute atomic E-state index is 11.3. The Balaban J connectivity index is 2.23. The first-order chi connectivity index (χ1) is 8.49. The van der Waals surface area contributed by atoms with Gasteiger partial charge in [-0.1, -0.05) is 19.1 Å². The summed E-state index contributed by atoms with van der Waals surface area (Å²) in [4.78, 5) is 13.4. The lowest BCUT2D eigenvalue weighted by Gasteiger charge is -2.07. The molecule has 0 unspecified atom stereocenters. The molecule has 1 N–H and O–H groups in total. The van der Waals surface area contributed by atoms with E-state index in [-0.39, 0.29) is 11.8 Å². The molecule has 102 valence electrons. The van der Waals surface area contributed by atoms with Crippen LogP contribution in [0.4, 0.5) is 0 Å². The van der Waals surface area contributed by atoms with Crippen molar-refractivity contribution in [1.29, 1.82) is 0 Å². The monoisotopic (exact) mass is 253 g/mol. The Morgan fingerprint density at radius 1 is 1.50 bits per heavy atom. The molecule has 1 aromatic rings. The van der Waals surface area contributed by atoms with Crippen LogP contribution in [0.3, 0.4) is 0 Å². The van der Waals surface area contributed by atoms with Crippen molar-refractivity contribution < 1.29 is 4.79 Å². The fourth-order valence-electron chi connectivity index (χ4n) is 1.50. The Labute approximate surface area is 108 Å². The minimum absolute atomic E-state index is 0.0445. The first-order valence-corrected chi connectivity index (χ1v) is 6.30. The molecule has 0 saturated heterocycles. The Hall–Kier alpha value is -1.43. The fraction of sp³-hybridized carbons (Fsp3) is 0.750. The highest BCUT2D eigenvalue weighted by molar-refractivity contribution is 5.77. The molecule has 1 rings (SSSR count). The van der Waals surface area contributed by atoms with Crippen LogP contribution in [-0.2, 0) is 17.9 Å². The third-order valence-corrected chi connectivity index (χ3v) is 2.45. The van der Waals surface area contributed by atoms with Crippen molar-refractivity contribution >= 4 is 5.91 Å². The molecule has 1 amide bonds. The maximum atomic E-state index is 11.3. The highest BCUT2D eigenvalue weighted by Crippen LogP contribution is 1.97. The summed E-state index contributed by atoms with van der Waals surface area (Å²) < 4.78 is 1.82. The number of hydrogen-bond donors (Lipinski definition) is 1. The number of nitrogens with zero attached hydrogens (tertiary/aromatic N) is 4. The normalized spacial score (nSPS) is 11.2. The molecule has 18 heavy (non-hydrogen) atoms. The topological polar surface area (TPSA) is 63.1 Å². The number of carbonyl (C=O) groups excluding carboxylic acids is 1. The van der Waals surface area contributed by atoms with Gasteiger partial charge in [0.2, 0.25) is 5.91 Å². The van der Waals surface area contributed by atoms with Gasteiger partial charge < -0.3 is 10.2 Å². The molecule has 0 bridgehead atoms. The Morgan fingerprint density at radius 2 is 2.22 bits per heavy atom. The zero-order chi connectivity index (χ0) is 13.5. The van der Waals surface area contributed by atoms with Crippen LogP contribution >= 0.6 is 0 Å². The van der Waals surface area contributed by atoms with Gasteiger partial charge in [-0.2, -0.15) is 0 Å². The number of carbonyl (C=O) groups is 1. The van der Waals surface area contributed by atoms with Crippen LogP contribution in [-0.4, -0.2) is 46.4 Å². The van der Waals surface area contributed by atoms with E-state index in [0.29, 0.717) is 6.54 Å². The minimum Gasteiger partial charge on any atom is -0.356 e. The van der Waals surface area contributed by atoms with Gasteiger partial charge >= 0.3 is 0 Å². The van der Waals surface area contributed by atoms with E-state index in [1.54, 1.807) is 0 Å². The van der Waals surface area contributed by atoms with Gasteiger partial charge in [0.25, 0.3) is 0 Å². The molecule has 1 heterocycles. The molecule has 0 aliphatic carbocycles. The lowest BCUT2D eigenvalue weighted by molar-refractivity contribution is -0.123. The second-order valence-electron chi connectivity index (χ2n) is 5.01. The lowest BCUT2D eigenvalue weighted by Crippen LogP contribution is -2.29. The van der Waals surface area contributed by atoms with Crippen molar-refractivity contribution in [3.8, 4) is 0 Å². The molecule has 1 aromatic heterocycles. The smallest absolute Gasteiger partial charge is 0.222 e. The molecular formula is C12H23N5O. The number of aromatic nitrogens is 3. The van der Waals surface area contributed by atoms with Gasteiger partial charge in [0.05, 0.1) is 5.69 Å². The van der Waals surface area contributed by atoms with Gasteiger partial charge in [-0.15, -0.1) is 5.10 Å². The maximum Gasteiger partial charge on any atom is 0.222 e. The van der Waals surface area contributed by atoms with Crippen LogP contribution in [0.25, 0.3) is 0 Å². The van der Waals surface area contributed by atoms with E-state index in [1.807, 2.05) is 38.8 Å². The molecule has 0 aliphatic heterocycles. The van der Waals surface area contributed by atoms with E-state index in [0.717, 1.165) is 25.2 Å². The largest absolute Gasteiger partial charge is 0.356 e. The Bertz CT molecular complexity index is 372. The molecule has 0 atom stereocenters. The number of hydrogen-bond acceptors (Lipinski definition) is 4. The zero-order valence-electron chi connectivity index (χ0n) is 11.7. The fourth-order valence-corrected chi connectivity index (χ4v) is 1.50. The summed E-state index contributed by atoms with van der Waals surface area (Å²) in [7, 11) is 4.00. The molecule has 6 nitrogen and oxygen atoms in total. The molecule has 0 aromatic carbocycles. The Kier molecular flexibility index (Phi) is 5.77. The number of rotatable bonds is 7. The molecule has 0 aliphatic rings. The summed E-state index contributed by atoms with van der Waals surface area (Å²) in [5, 5.41) is 11.0. The zero-order valence-corrected chi connectivity index (χ0v) is 11.7. The summed E-state index contributed by atoms with van der Waals surface area (Å²) in [5.41, 5.74) is 0.964. The van der Waals surface area contributed by atoms with Gasteiger partial charge in [-0.05, 0) is 20.5 Å². The van der Waals surface area contributed by atoms with Crippen LogP contribution in [0.2, 0.25) is 0 Å². The van der Waals surface area contributed by atoms with E-state index in [9.17, 15) is 4.79 Å². The summed E-state index contributed by atoms with van der Waals surface area (Å²) in [5.74, 6) is 0.143. The second-order valence-corrected chi connectivity index (χ2v) is 5.01. The quantitative estimate of drug-likeness (QED) is 0.719. The van der Waals surface area contributed by atoms with E-state index >= 15 is 0 Å². The highest BCUT2D eigenvalue weighted by Gasteiger charge is 2.05. The lowest BCUT2D eigenvalue weighted by atomic mass is 10.2. The van der Waals surface area contributed by atoms with Crippen LogP contribution in [0.1, 0.15) is 26.0 Å². The number of amides is 1. The standard InChI is InChI=1S/C12H23N5O/c1-10(2)12(18)13-6-5-7-17-9-11(14-15-17)8-16(3)4/h9-10H,5-8H2,1-4H3,(H,13,18). The molecule has 0 radical (unpaired) electrons. The third kappa shape index (κ3) is 5.27. The van der Waals surface area contributed by atoms with Crippen LogP contribution in [0.15, 0.2) is 6.20 Å². The van der Waals surface area contributed by atoms with E-state index in [4.69, 9.17) is 0 Å². The van der Waals surface area contributed by atoms with E-state index in [1.165, 1.54) is 0 Å². The SMILES string of the molecule is CC(C)C(=O)NCCCn1cc(CN(C)C)nn1. The predicted molar refractivity (Wildman–Crippen MR) is 69.9 cm³/mol.